The highest BCUT2D eigenvalue weighted by Crippen LogP contribution is 2.37. The standard InChI is InChI=1S/C12H19F2N3O/c13-12(14)5-9(16-7-12)10(18)17-4-2-11(8-17)1-3-15-6-11/h9,15-16H,1-8H2. The summed E-state index contributed by atoms with van der Waals surface area (Å²) in [6.07, 6.45) is 1.73. The molecule has 3 heterocycles. The lowest BCUT2D eigenvalue weighted by Gasteiger charge is -2.24. The highest BCUT2D eigenvalue weighted by Gasteiger charge is 2.47. The lowest BCUT2D eigenvalue weighted by atomic mass is 9.86. The maximum Gasteiger partial charge on any atom is 0.262 e. The molecule has 1 spiro atoms. The summed E-state index contributed by atoms with van der Waals surface area (Å²) in [6.45, 7) is 3.02. The summed E-state index contributed by atoms with van der Waals surface area (Å²) in [5.74, 6) is -2.87. The van der Waals surface area contributed by atoms with Crippen molar-refractivity contribution in [3.63, 3.8) is 0 Å². The smallest absolute Gasteiger partial charge is 0.262 e. The van der Waals surface area contributed by atoms with Crippen LogP contribution >= 0.6 is 0 Å². The van der Waals surface area contributed by atoms with E-state index in [0.717, 1.165) is 32.5 Å². The number of halogens is 2. The monoisotopic (exact) mass is 259 g/mol. The topological polar surface area (TPSA) is 44.4 Å². The molecule has 3 rings (SSSR count). The first kappa shape index (κ1) is 12.3. The minimum Gasteiger partial charge on any atom is -0.341 e. The number of likely N-dealkylation sites (tertiary alicyclic amines) is 1. The van der Waals surface area contributed by atoms with Crippen LogP contribution in [0.25, 0.3) is 0 Å². The maximum atomic E-state index is 13.1. The van der Waals surface area contributed by atoms with E-state index in [1.54, 1.807) is 4.90 Å². The van der Waals surface area contributed by atoms with Gasteiger partial charge in [0.25, 0.3) is 5.92 Å². The Hall–Kier alpha value is -0.750. The van der Waals surface area contributed by atoms with Crippen LogP contribution in [0.4, 0.5) is 8.78 Å². The van der Waals surface area contributed by atoms with Gasteiger partial charge in [0.05, 0.1) is 12.6 Å². The number of carbonyl (C=O) groups excluding carboxylic acids is 1. The van der Waals surface area contributed by atoms with Crippen LogP contribution in [0.2, 0.25) is 0 Å². The van der Waals surface area contributed by atoms with E-state index in [-0.39, 0.29) is 24.3 Å². The molecule has 3 saturated heterocycles. The fourth-order valence-corrected chi connectivity index (χ4v) is 3.38. The Kier molecular flexibility index (Phi) is 2.82. The molecule has 1 amide bonds. The Morgan fingerprint density at radius 1 is 1.28 bits per heavy atom. The zero-order valence-electron chi connectivity index (χ0n) is 10.3. The second kappa shape index (κ2) is 4.13. The predicted molar refractivity (Wildman–Crippen MR) is 62.5 cm³/mol. The molecular weight excluding hydrogens is 240 g/mol. The third-order valence-electron chi connectivity index (χ3n) is 4.49. The summed E-state index contributed by atoms with van der Waals surface area (Å²) in [4.78, 5) is 14.0. The molecule has 2 N–H and O–H groups in total. The third kappa shape index (κ3) is 2.12. The van der Waals surface area contributed by atoms with Gasteiger partial charge in [-0.3, -0.25) is 10.1 Å². The number of alkyl halides is 2. The summed E-state index contributed by atoms with van der Waals surface area (Å²) in [5, 5.41) is 5.97. The van der Waals surface area contributed by atoms with Crippen molar-refractivity contribution in [2.45, 2.75) is 31.2 Å². The second-order valence-corrected chi connectivity index (χ2v) is 5.93. The van der Waals surface area contributed by atoms with E-state index in [2.05, 4.69) is 10.6 Å². The fraction of sp³-hybridized carbons (Fsp3) is 0.917. The highest BCUT2D eigenvalue weighted by molar-refractivity contribution is 5.82. The van der Waals surface area contributed by atoms with Crippen LogP contribution < -0.4 is 10.6 Å². The number of amides is 1. The average molecular weight is 259 g/mol. The summed E-state index contributed by atoms with van der Waals surface area (Å²) >= 11 is 0. The molecule has 3 aliphatic rings. The van der Waals surface area contributed by atoms with Gasteiger partial charge in [0.2, 0.25) is 5.91 Å². The van der Waals surface area contributed by atoms with Crippen molar-refractivity contribution in [3.8, 4) is 0 Å². The minimum atomic E-state index is -2.73. The van der Waals surface area contributed by atoms with Crippen molar-refractivity contribution < 1.29 is 13.6 Å². The first-order valence-corrected chi connectivity index (χ1v) is 6.61. The van der Waals surface area contributed by atoms with Crippen molar-refractivity contribution in [2.75, 3.05) is 32.7 Å². The number of rotatable bonds is 1. The number of hydrogen-bond acceptors (Lipinski definition) is 3. The molecule has 3 fully saturated rings. The SMILES string of the molecule is O=C(C1CC(F)(F)CN1)N1CCC2(CCNC2)C1. The molecule has 0 saturated carbocycles. The van der Waals surface area contributed by atoms with Crippen LogP contribution in [0.3, 0.4) is 0 Å². The first-order chi connectivity index (χ1) is 8.50. The van der Waals surface area contributed by atoms with Crippen molar-refractivity contribution in [2.24, 2.45) is 5.41 Å². The van der Waals surface area contributed by atoms with Crippen LogP contribution in [-0.4, -0.2) is 55.5 Å². The van der Waals surface area contributed by atoms with Gasteiger partial charge >= 0.3 is 0 Å². The molecular formula is C12H19F2N3O. The average Bonchev–Trinajstić information content (AvgIpc) is 3.01. The van der Waals surface area contributed by atoms with Gasteiger partial charge in [-0.1, -0.05) is 0 Å². The van der Waals surface area contributed by atoms with Crippen molar-refractivity contribution in [1.82, 2.24) is 15.5 Å². The van der Waals surface area contributed by atoms with E-state index >= 15 is 0 Å². The molecule has 102 valence electrons. The third-order valence-corrected chi connectivity index (χ3v) is 4.49. The summed E-state index contributed by atoms with van der Waals surface area (Å²) in [6, 6.07) is -0.690. The fourth-order valence-electron chi connectivity index (χ4n) is 3.38. The van der Waals surface area contributed by atoms with Crippen LogP contribution in [0.15, 0.2) is 0 Å². The van der Waals surface area contributed by atoms with Gasteiger partial charge in [0.15, 0.2) is 0 Å². The molecule has 0 aromatic heterocycles. The van der Waals surface area contributed by atoms with Gasteiger partial charge in [-0.2, -0.15) is 0 Å². The van der Waals surface area contributed by atoms with Gasteiger partial charge in [0.1, 0.15) is 0 Å². The van der Waals surface area contributed by atoms with Crippen molar-refractivity contribution in [3.05, 3.63) is 0 Å². The van der Waals surface area contributed by atoms with Gasteiger partial charge in [0, 0.05) is 31.5 Å². The van der Waals surface area contributed by atoms with Gasteiger partial charge in [-0.15, -0.1) is 0 Å². The van der Waals surface area contributed by atoms with Crippen LogP contribution in [0.5, 0.6) is 0 Å². The lowest BCUT2D eigenvalue weighted by molar-refractivity contribution is -0.133. The molecule has 4 nitrogen and oxygen atoms in total. The molecule has 6 heteroatoms. The Morgan fingerprint density at radius 2 is 2.11 bits per heavy atom. The zero-order valence-corrected chi connectivity index (χ0v) is 10.3. The zero-order chi connectivity index (χ0) is 12.8. The molecule has 2 atom stereocenters. The van der Waals surface area contributed by atoms with Gasteiger partial charge in [-0.25, -0.2) is 8.78 Å². The predicted octanol–water partition coefficient (Wildman–Crippen LogP) is 0.196. The van der Waals surface area contributed by atoms with Crippen LogP contribution in [-0.2, 0) is 4.79 Å². The number of hydrogen-bond donors (Lipinski definition) is 2. The van der Waals surface area contributed by atoms with E-state index in [0.29, 0.717) is 6.54 Å². The molecule has 0 aromatic carbocycles. The Balaban J connectivity index is 1.61. The quantitative estimate of drug-likeness (QED) is 0.707. The van der Waals surface area contributed by atoms with Crippen molar-refractivity contribution >= 4 is 5.91 Å². The molecule has 0 bridgehead atoms. The Morgan fingerprint density at radius 3 is 2.72 bits per heavy atom. The lowest BCUT2D eigenvalue weighted by Crippen LogP contribution is -2.43. The van der Waals surface area contributed by atoms with E-state index < -0.39 is 12.0 Å². The Labute approximate surface area is 105 Å². The first-order valence-electron chi connectivity index (χ1n) is 6.61. The normalized spacial score (nSPS) is 38.8. The van der Waals surface area contributed by atoms with Crippen molar-refractivity contribution in [1.29, 1.82) is 0 Å². The van der Waals surface area contributed by atoms with Crippen LogP contribution in [0, 0.1) is 5.41 Å². The summed E-state index contributed by atoms with van der Waals surface area (Å²) < 4.78 is 26.2. The number of nitrogens with zero attached hydrogens (tertiary/aromatic N) is 1. The molecule has 18 heavy (non-hydrogen) atoms. The molecule has 0 radical (unpaired) electrons. The largest absolute Gasteiger partial charge is 0.341 e. The van der Waals surface area contributed by atoms with E-state index in [1.165, 1.54) is 0 Å². The highest BCUT2D eigenvalue weighted by atomic mass is 19.3. The van der Waals surface area contributed by atoms with E-state index in [9.17, 15) is 13.6 Å². The number of carbonyl (C=O) groups is 1. The minimum absolute atomic E-state index is 0.143. The van der Waals surface area contributed by atoms with Gasteiger partial charge in [-0.05, 0) is 19.4 Å². The molecule has 2 unspecified atom stereocenters. The van der Waals surface area contributed by atoms with Crippen LogP contribution in [0.1, 0.15) is 19.3 Å². The summed E-state index contributed by atoms with van der Waals surface area (Å²) in [5.41, 5.74) is 0.205. The maximum absolute atomic E-state index is 13.1. The number of nitrogens with one attached hydrogen (secondary N) is 2. The molecule has 3 aliphatic heterocycles. The molecule has 0 aliphatic carbocycles. The van der Waals surface area contributed by atoms with E-state index in [4.69, 9.17) is 0 Å². The summed E-state index contributed by atoms with van der Waals surface area (Å²) in [7, 11) is 0. The molecule has 0 aromatic rings. The Bertz CT molecular complexity index is 355. The van der Waals surface area contributed by atoms with Gasteiger partial charge < -0.3 is 10.2 Å². The second-order valence-electron chi connectivity index (χ2n) is 5.93. The van der Waals surface area contributed by atoms with E-state index in [1.807, 2.05) is 0 Å².